The molecule has 1 aliphatic heterocycles. The van der Waals surface area contributed by atoms with E-state index in [2.05, 4.69) is 18.7 Å². The predicted molar refractivity (Wildman–Crippen MR) is 94.0 cm³/mol. The molecular formula is C17H36BrNO. The second-order valence-electron chi connectivity index (χ2n) is 6.03. The van der Waals surface area contributed by atoms with Crippen LogP contribution in [-0.4, -0.2) is 37.2 Å². The van der Waals surface area contributed by atoms with E-state index in [-0.39, 0.29) is 17.0 Å². The van der Waals surface area contributed by atoms with E-state index < -0.39 is 0 Å². The first-order chi connectivity index (χ1) is 9.36. The second kappa shape index (κ2) is 14.3. The molecule has 1 aliphatic rings. The van der Waals surface area contributed by atoms with E-state index in [1.807, 2.05) is 0 Å². The lowest BCUT2D eigenvalue weighted by Crippen LogP contribution is -2.28. The van der Waals surface area contributed by atoms with Crippen molar-refractivity contribution in [3.63, 3.8) is 0 Å². The molecule has 1 heterocycles. The highest BCUT2D eigenvalue weighted by Gasteiger charge is 2.24. The Morgan fingerprint density at radius 2 is 1.35 bits per heavy atom. The van der Waals surface area contributed by atoms with Gasteiger partial charge in [0.15, 0.2) is 0 Å². The van der Waals surface area contributed by atoms with Crippen molar-refractivity contribution in [2.45, 2.75) is 84.2 Å². The molecule has 122 valence electrons. The van der Waals surface area contributed by atoms with Gasteiger partial charge in [-0.3, -0.25) is 0 Å². The van der Waals surface area contributed by atoms with Gasteiger partial charge in [0.05, 0.1) is 12.7 Å². The SMILES string of the molecule is Br.CCCCCCCCCCCCN(CC)CC1CO1. The van der Waals surface area contributed by atoms with Gasteiger partial charge in [0.1, 0.15) is 0 Å². The van der Waals surface area contributed by atoms with E-state index in [4.69, 9.17) is 4.74 Å². The Morgan fingerprint density at radius 3 is 1.80 bits per heavy atom. The number of hydrogen-bond acceptors (Lipinski definition) is 2. The average Bonchev–Trinajstić information content (AvgIpc) is 3.23. The molecule has 0 saturated carbocycles. The van der Waals surface area contributed by atoms with Gasteiger partial charge in [-0.1, -0.05) is 71.6 Å². The Bertz CT molecular complexity index is 197. The summed E-state index contributed by atoms with van der Waals surface area (Å²) in [5.74, 6) is 0. The van der Waals surface area contributed by atoms with Gasteiger partial charge in [0, 0.05) is 6.54 Å². The van der Waals surface area contributed by atoms with Crippen molar-refractivity contribution >= 4 is 17.0 Å². The Hall–Kier alpha value is 0.400. The van der Waals surface area contributed by atoms with Gasteiger partial charge in [-0.05, 0) is 19.5 Å². The first kappa shape index (κ1) is 20.4. The van der Waals surface area contributed by atoms with E-state index in [1.165, 1.54) is 77.3 Å². The normalized spacial score (nSPS) is 17.2. The predicted octanol–water partition coefficient (Wildman–Crippen LogP) is 5.21. The third-order valence-electron chi connectivity index (χ3n) is 4.14. The third-order valence-corrected chi connectivity index (χ3v) is 4.14. The van der Waals surface area contributed by atoms with Gasteiger partial charge >= 0.3 is 0 Å². The lowest BCUT2D eigenvalue weighted by Gasteiger charge is -2.18. The molecule has 0 aromatic heterocycles. The van der Waals surface area contributed by atoms with Crippen LogP contribution < -0.4 is 0 Å². The van der Waals surface area contributed by atoms with Crippen LogP contribution in [0, 0.1) is 0 Å². The molecule has 1 saturated heterocycles. The maximum Gasteiger partial charge on any atom is 0.0936 e. The van der Waals surface area contributed by atoms with Crippen molar-refractivity contribution in [3.8, 4) is 0 Å². The highest BCUT2D eigenvalue weighted by molar-refractivity contribution is 8.93. The maximum absolute atomic E-state index is 5.30. The second-order valence-corrected chi connectivity index (χ2v) is 6.03. The fourth-order valence-electron chi connectivity index (χ4n) is 2.66. The summed E-state index contributed by atoms with van der Waals surface area (Å²) >= 11 is 0. The summed E-state index contributed by atoms with van der Waals surface area (Å²) in [5, 5.41) is 0. The maximum atomic E-state index is 5.30. The summed E-state index contributed by atoms with van der Waals surface area (Å²) in [6, 6.07) is 0. The van der Waals surface area contributed by atoms with Crippen LogP contribution >= 0.6 is 17.0 Å². The van der Waals surface area contributed by atoms with Crippen molar-refractivity contribution in [2.75, 3.05) is 26.2 Å². The summed E-state index contributed by atoms with van der Waals surface area (Å²) in [5.41, 5.74) is 0. The van der Waals surface area contributed by atoms with Crippen molar-refractivity contribution < 1.29 is 4.74 Å². The zero-order chi connectivity index (χ0) is 13.8. The van der Waals surface area contributed by atoms with E-state index in [0.717, 1.165) is 13.2 Å². The zero-order valence-electron chi connectivity index (χ0n) is 13.7. The quantitative estimate of drug-likeness (QED) is 0.316. The lowest BCUT2D eigenvalue weighted by molar-refractivity contribution is 0.247. The smallest absolute Gasteiger partial charge is 0.0936 e. The molecular weight excluding hydrogens is 314 g/mol. The molecule has 0 spiro atoms. The topological polar surface area (TPSA) is 15.8 Å². The Morgan fingerprint density at radius 1 is 0.850 bits per heavy atom. The molecule has 2 nitrogen and oxygen atoms in total. The largest absolute Gasteiger partial charge is 0.372 e. The summed E-state index contributed by atoms with van der Waals surface area (Å²) in [6.45, 7) is 9.15. The number of unbranched alkanes of at least 4 members (excludes halogenated alkanes) is 9. The zero-order valence-corrected chi connectivity index (χ0v) is 15.5. The molecule has 1 unspecified atom stereocenters. The van der Waals surface area contributed by atoms with Crippen LogP contribution in [-0.2, 0) is 4.74 Å². The standard InChI is InChI=1S/C17H35NO.BrH/c1-3-5-6-7-8-9-10-11-12-13-14-18(4-2)15-17-16-19-17;/h17H,3-16H2,1-2H3;1H. The first-order valence-corrected chi connectivity index (χ1v) is 8.70. The summed E-state index contributed by atoms with van der Waals surface area (Å²) < 4.78 is 5.30. The van der Waals surface area contributed by atoms with Crippen molar-refractivity contribution in [1.82, 2.24) is 4.90 Å². The van der Waals surface area contributed by atoms with Crippen LogP contribution in [0.25, 0.3) is 0 Å². The minimum Gasteiger partial charge on any atom is -0.372 e. The fraction of sp³-hybridized carbons (Fsp3) is 1.00. The number of epoxide rings is 1. The molecule has 1 rings (SSSR count). The van der Waals surface area contributed by atoms with E-state index in [0.29, 0.717) is 6.10 Å². The van der Waals surface area contributed by atoms with Crippen LogP contribution in [0.3, 0.4) is 0 Å². The van der Waals surface area contributed by atoms with Crippen molar-refractivity contribution in [1.29, 1.82) is 0 Å². The highest BCUT2D eigenvalue weighted by atomic mass is 79.9. The molecule has 0 aromatic rings. The summed E-state index contributed by atoms with van der Waals surface area (Å²) in [4.78, 5) is 2.54. The molecule has 1 atom stereocenters. The monoisotopic (exact) mass is 349 g/mol. The van der Waals surface area contributed by atoms with Crippen LogP contribution in [0.4, 0.5) is 0 Å². The molecule has 0 radical (unpaired) electrons. The number of likely N-dealkylation sites (N-methyl/N-ethyl adjacent to an activating group) is 1. The minimum atomic E-state index is 0. The molecule has 0 N–H and O–H groups in total. The van der Waals surface area contributed by atoms with Crippen LogP contribution in [0.15, 0.2) is 0 Å². The summed E-state index contributed by atoms with van der Waals surface area (Å²) in [7, 11) is 0. The van der Waals surface area contributed by atoms with Gasteiger partial charge in [0.2, 0.25) is 0 Å². The number of rotatable bonds is 14. The van der Waals surface area contributed by atoms with Gasteiger partial charge in [-0.2, -0.15) is 0 Å². The van der Waals surface area contributed by atoms with Gasteiger partial charge in [-0.25, -0.2) is 0 Å². The molecule has 1 fully saturated rings. The van der Waals surface area contributed by atoms with Gasteiger partial charge < -0.3 is 9.64 Å². The highest BCUT2D eigenvalue weighted by Crippen LogP contribution is 2.13. The van der Waals surface area contributed by atoms with E-state index in [9.17, 15) is 0 Å². The molecule has 3 heteroatoms. The number of nitrogens with zero attached hydrogens (tertiary/aromatic N) is 1. The van der Waals surface area contributed by atoms with E-state index in [1.54, 1.807) is 0 Å². The lowest BCUT2D eigenvalue weighted by atomic mass is 10.1. The average molecular weight is 350 g/mol. The van der Waals surface area contributed by atoms with Crippen LogP contribution in [0.5, 0.6) is 0 Å². The number of halogens is 1. The molecule has 0 amide bonds. The Balaban J connectivity index is 0.00000361. The fourth-order valence-corrected chi connectivity index (χ4v) is 2.66. The minimum absolute atomic E-state index is 0. The Kier molecular flexibility index (Phi) is 14.6. The first-order valence-electron chi connectivity index (χ1n) is 8.70. The molecule has 0 bridgehead atoms. The van der Waals surface area contributed by atoms with E-state index >= 15 is 0 Å². The summed E-state index contributed by atoms with van der Waals surface area (Å²) in [6.07, 6.45) is 14.8. The number of ether oxygens (including phenoxy) is 1. The van der Waals surface area contributed by atoms with Crippen molar-refractivity contribution in [2.24, 2.45) is 0 Å². The van der Waals surface area contributed by atoms with Crippen LogP contribution in [0.1, 0.15) is 78.1 Å². The molecule has 0 aliphatic carbocycles. The van der Waals surface area contributed by atoms with Gasteiger partial charge in [-0.15, -0.1) is 17.0 Å². The van der Waals surface area contributed by atoms with Gasteiger partial charge in [0.25, 0.3) is 0 Å². The third kappa shape index (κ3) is 12.2. The molecule has 20 heavy (non-hydrogen) atoms. The van der Waals surface area contributed by atoms with Crippen molar-refractivity contribution in [3.05, 3.63) is 0 Å². The van der Waals surface area contributed by atoms with Crippen LogP contribution in [0.2, 0.25) is 0 Å². The molecule has 0 aromatic carbocycles. The number of hydrogen-bond donors (Lipinski definition) is 0. The Labute approximate surface area is 137 Å².